The first-order valence-corrected chi connectivity index (χ1v) is 11.3. The summed E-state index contributed by atoms with van der Waals surface area (Å²) in [5.74, 6) is -1.29. The Bertz CT molecular complexity index is 1070. The van der Waals surface area contributed by atoms with Gasteiger partial charge in [0.2, 0.25) is 10.0 Å². The third kappa shape index (κ3) is 4.92. The van der Waals surface area contributed by atoms with Crippen molar-refractivity contribution in [2.45, 2.75) is 24.7 Å². The summed E-state index contributed by atoms with van der Waals surface area (Å²) < 4.78 is 31.4. The molecule has 1 saturated heterocycles. The van der Waals surface area contributed by atoms with Gasteiger partial charge in [0.1, 0.15) is 0 Å². The summed E-state index contributed by atoms with van der Waals surface area (Å²) in [6.45, 7) is 2.10. The Hall–Kier alpha value is -2.20. The van der Waals surface area contributed by atoms with Crippen LogP contribution in [0.15, 0.2) is 35.4 Å². The number of halogens is 2. The lowest BCUT2D eigenvalue weighted by Gasteiger charge is -2.15. The summed E-state index contributed by atoms with van der Waals surface area (Å²) in [6, 6.07) is 5.41. The lowest BCUT2D eigenvalue weighted by Crippen LogP contribution is -2.27. The van der Waals surface area contributed by atoms with Crippen molar-refractivity contribution in [1.29, 1.82) is 0 Å². The van der Waals surface area contributed by atoms with Crippen molar-refractivity contribution in [3.8, 4) is 0 Å². The fourth-order valence-corrected chi connectivity index (χ4v) is 4.77. The van der Waals surface area contributed by atoms with Crippen LogP contribution in [0.4, 0.5) is 5.82 Å². The lowest BCUT2D eigenvalue weighted by atomic mass is 10.2. The van der Waals surface area contributed by atoms with Gasteiger partial charge in [-0.05, 0) is 49.6 Å². The van der Waals surface area contributed by atoms with Crippen LogP contribution in [0.2, 0.25) is 10.0 Å². The smallest absolute Gasteiger partial charge is 0.338 e. The molecule has 0 bridgehead atoms. The molecule has 2 heterocycles. The monoisotopic (exact) mass is 471 g/mol. The van der Waals surface area contributed by atoms with E-state index in [4.69, 9.17) is 27.9 Å². The maximum atomic E-state index is 12.5. The molecule has 3 rings (SSSR count). The average Bonchev–Trinajstić information content (AvgIpc) is 3.28. The van der Waals surface area contributed by atoms with E-state index in [2.05, 4.69) is 10.3 Å². The minimum atomic E-state index is -3.56. The molecule has 1 aliphatic rings. The van der Waals surface area contributed by atoms with Gasteiger partial charge in [-0.1, -0.05) is 23.2 Å². The highest BCUT2D eigenvalue weighted by Gasteiger charge is 2.27. The SMILES string of the molecule is Cc1c(Cl)cnc(NC(=O)COC(=O)c2ccc(S(=O)(=O)N3CCCC3)cc2)c1Cl. The lowest BCUT2D eigenvalue weighted by molar-refractivity contribution is -0.119. The van der Waals surface area contributed by atoms with Gasteiger partial charge in [-0.3, -0.25) is 4.79 Å². The van der Waals surface area contributed by atoms with Gasteiger partial charge in [0.25, 0.3) is 5.91 Å². The maximum absolute atomic E-state index is 12.5. The molecule has 1 N–H and O–H groups in total. The molecule has 1 aromatic carbocycles. The van der Waals surface area contributed by atoms with Gasteiger partial charge in [-0.15, -0.1) is 0 Å². The van der Waals surface area contributed by atoms with E-state index in [0.29, 0.717) is 23.7 Å². The van der Waals surface area contributed by atoms with E-state index < -0.39 is 28.5 Å². The summed E-state index contributed by atoms with van der Waals surface area (Å²) in [4.78, 5) is 28.2. The molecular weight excluding hydrogens is 453 g/mol. The van der Waals surface area contributed by atoms with Crippen molar-refractivity contribution in [1.82, 2.24) is 9.29 Å². The highest BCUT2D eigenvalue weighted by molar-refractivity contribution is 7.89. The summed E-state index contributed by atoms with van der Waals surface area (Å²) in [5, 5.41) is 3.00. The molecule has 1 aromatic heterocycles. The Morgan fingerprint density at radius 1 is 1.17 bits per heavy atom. The summed E-state index contributed by atoms with van der Waals surface area (Å²) in [6.07, 6.45) is 3.02. The van der Waals surface area contributed by atoms with Crippen molar-refractivity contribution in [2.24, 2.45) is 0 Å². The first-order valence-electron chi connectivity index (χ1n) is 9.08. The molecule has 0 aliphatic carbocycles. The highest BCUT2D eigenvalue weighted by atomic mass is 35.5. The molecule has 2 aromatic rings. The van der Waals surface area contributed by atoms with E-state index in [9.17, 15) is 18.0 Å². The number of aromatic nitrogens is 1. The number of rotatable bonds is 6. The largest absolute Gasteiger partial charge is 0.452 e. The zero-order chi connectivity index (χ0) is 21.9. The Balaban J connectivity index is 1.58. The molecule has 30 heavy (non-hydrogen) atoms. The molecule has 1 aliphatic heterocycles. The van der Waals surface area contributed by atoms with E-state index in [0.717, 1.165) is 12.8 Å². The molecule has 11 heteroatoms. The second kappa shape index (κ2) is 9.30. The van der Waals surface area contributed by atoms with E-state index in [1.54, 1.807) is 6.92 Å². The van der Waals surface area contributed by atoms with Crippen LogP contribution in [0.3, 0.4) is 0 Å². The molecule has 8 nitrogen and oxygen atoms in total. The summed E-state index contributed by atoms with van der Waals surface area (Å²) in [7, 11) is -3.56. The second-order valence-electron chi connectivity index (χ2n) is 6.65. The van der Waals surface area contributed by atoms with Gasteiger partial charge in [-0.25, -0.2) is 18.2 Å². The number of pyridine rings is 1. The molecule has 0 unspecified atom stereocenters. The zero-order valence-corrected chi connectivity index (χ0v) is 18.4. The number of sulfonamides is 1. The highest BCUT2D eigenvalue weighted by Crippen LogP contribution is 2.28. The summed E-state index contributed by atoms with van der Waals surface area (Å²) in [5.41, 5.74) is 0.686. The van der Waals surface area contributed by atoms with Crippen LogP contribution in [-0.4, -0.2) is 49.3 Å². The Labute approximate surface area is 184 Å². The molecule has 0 saturated carbocycles. The van der Waals surface area contributed by atoms with E-state index in [1.807, 2.05) is 0 Å². The van der Waals surface area contributed by atoms with Crippen molar-refractivity contribution in [2.75, 3.05) is 25.0 Å². The molecule has 0 atom stereocenters. The number of benzene rings is 1. The Morgan fingerprint density at radius 3 is 2.43 bits per heavy atom. The molecule has 1 amide bonds. The number of nitrogens with zero attached hydrogens (tertiary/aromatic N) is 2. The topological polar surface area (TPSA) is 106 Å². The fourth-order valence-electron chi connectivity index (χ4n) is 2.87. The third-order valence-corrected chi connectivity index (χ3v) is 7.34. The van der Waals surface area contributed by atoms with Gasteiger partial charge in [0.15, 0.2) is 12.4 Å². The van der Waals surface area contributed by atoms with Crippen LogP contribution in [0.25, 0.3) is 0 Å². The minimum absolute atomic E-state index is 0.107. The first kappa shape index (κ1) is 22.5. The van der Waals surface area contributed by atoms with Crippen LogP contribution in [0, 0.1) is 6.92 Å². The number of amides is 1. The van der Waals surface area contributed by atoms with Crippen molar-refractivity contribution in [3.05, 3.63) is 51.6 Å². The Kier molecular flexibility index (Phi) is 6.97. The number of hydrogen-bond acceptors (Lipinski definition) is 6. The second-order valence-corrected chi connectivity index (χ2v) is 9.38. The Morgan fingerprint density at radius 2 is 1.80 bits per heavy atom. The third-order valence-electron chi connectivity index (χ3n) is 4.59. The van der Waals surface area contributed by atoms with Crippen LogP contribution >= 0.6 is 23.2 Å². The van der Waals surface area contributed by atoms with Gasteiger partial charge in [0.05, 0.1) is 20.5 Å². The summed E-state index contributed by atoms with van der Waals surface area (Å²) >= 11 is 12.0. The number of hydrogen-bond donors (Lipinski definition) is 1. The normalized spacial score (nSPS) is 14.5. The van der Waals surface area contributed by atoms with Crippen molar-refractivity contribution >= 4 is 50.9 Å². The van der Waals surface area contributed by atoms with Gasteiger partial charge < -0.3 is 10.1 Å². The standard InChI is InChI=1S/C19H19Cl2N3O5S/c1-12-15(20)10-22-18(17(12)21)23-16(25)11-29-19(26)13-4-6-14(7-5-13)30(27,28)24-8-2-3-9-24/h4-7,10H,2-3,8-9,11H2,1H3,(H,22,23,25). The molecule has 0 radical (unpaired) electrons. The van der Waals surface area contributed by atoms with Crippen LogP contribution in [0.1, 0.15) is 28.8 Å². The predicted molar refractivity (Wildman–Crippen MR) is 112 cm³/mol. The molecule has 160 valence electrons. The van der Waals surface area contributed by atoms with Crippen LogP contribution in [0.5, 0.6) is 0 Å². The van der Waals surface area contributed by atoms with Crippen molar-refractivity contribution in [3.63, 3.8) is 0 Å². The molecule has 1 fully saturated rings. The maximum Gasteiger partial charge on any atom is 0.338 e. The number of carbonyl (C=O) groups excluding carboxylic acids is 2. The van der Waals surface area contributed by atoms with E-state index >= 15 is 0 Å². The van der Waals surface area contributed by atoms with E-state index in [1.165, 1.54) is 34.8 Å². The van der Waals surface area contributed by atoms with Gasteiger partial charge in [-0.2, -0.15) is 4.31 Å². The van der Waals surface area contributed by atoms with Crippen LogP contribution < -0.4 is 5.32 Å². The van der Waals surface area contributed by atoms with Crippen molar-refractivity contribution < 1.29 is 22.7 Å². The van der Waals surface area contributed by atoms with Gasteiger partial charge >= 0.3 is 5.97 Å². The molecular formula is C19H19Cl2N3O5S. The predicted octanol–water partition coefficient (Wildman–Crippen LogP) is 3.28. The first-order chi connectivity index (χ1) is 14.2. The number of nitrogens with one attached hydrogen (secondary N) is 1. The quantitative estimate of drug-likeness (QED) is 0.647. The number of carbonyl (C=O) groups is 2. The van der Waals surface area contributed by atoms with Gasteiger partial charge in [0, 0.05) is 19.3 Å². The minimum Gasteiger partial charge on any atom is -0.452 e. The zero-order valence-electron chi connectivity index (χ0n) is 16.0. The number of esters is 1. The fraction of sp³-hybridized carbons (Fsp3) is 0.316. The number of ether oxygens (including phenoxy) is 1. The van der Waals surface area contributed by atoms with E-state index in [-0.39, 0.29) is 21.3 Å². The van der Waals surface area contributed by atoms with Crippen LogP contribution in [-0.2, 0) is 19.6 Å². The molecule has 0 spiro atoms. The average molecular weight is 472 g/mol. The number of anilines is 1.